The summed E-state index contributed by atoms with van der Waals surface area (Å²) in [5.74, 6) is 0.211. The van der Waals surface area contributed by atoms with E-state index in [1.165, 1.54) is 12.4 Å². The molecule has 0 unspecified atom stereocenters. The van der Waals surface area contributed by atoms with Gasteiger partial charge in [0.05, 0.1) is 5.25 Å². The number of rotatable bonds is 5. The highest BCUT2D eigenvalue weighted by Gasteiger charge is 2.36. The molecule has 0 amide bonds. The third kappa shape index (κ3) is 2.92. The molecule has 6 nitrogen and oxygen atoms in total. The van der Waals surface area contributed by atoms with Crippen LogP contribution in [-0.2, 0) is 10.0 Å². The summed E-state index contributed by atoms with van der Waals surface area (Å²) in [6.45, 7) is 0. The maximum Gasteiger partial charge on any atom is 0.236 e. The van der Waals surface area contributed by atoms with Gasteiger partial charge < -0.3 is 0 Å². The summed E-state index contributed by atoms with van der Waals surface area (Å²) in [4.78, 5) is 18.9. The lowest BCUT2D eigenvalue weighted by Gasteiger charge is -2.10. The Morgan fingerprint density at radius 2 is 1.76 bits per heavy atom. The smallest absolute Gasteiger partial charge is 0.236 e. The number of hydrogen-bond acceptors (Lipinski definition) is 5. The lowest BCUT2D eigenvalue weighted by molar-refractivity contribution is 0.112. The Labute approximate surface area is 122 Å². The van der Waals surface area contributed by atoms with Crippen molar-refractivity contribution in [1.29, 1.82) is 0 Å². The molecule has 1 aliphatic carbocycles. The molecule has 1 heterocycles. The van der Waals surface area contributed by atoms with Crippen molar-refractivity contribution >= 4 is 22.1 Å². The number of hydrogen-bond donors (Lipinski definition) is 1. The van der Waals surface area contributed by atoms with Crippen LogP contribution in [0.2, 0.25) is 0 Å². The lowest BCUT2D eigenvalue weighted by atomic mass is 10.1. The number of nitrogens with zero attached hydrogens (tertiary/aromatic N) is 2. The van der Waals surface area contributed by atoms with E-state index < -0.39 is 10.0 Å². The normalized spacial score (nSPS) is 14.7. The van der Waals surface area contributed by atoms with Gasteiger partial charge in [0.15, 0.2) is 5.82 Å². The van der Waals surface area contributed by atoms with Crippen molar-refractivity contribution in [3.63, 3.8) is 0 Å². The SMILES string of the molecule is O=Cc1ccc(-c2nccnc2NS(=O)(=O)C2CC2)cc1. The number of aldehydes is 1. The summed E-state index contributed by atoms with van der Waals surface area (Å²) < 4.78 is 26.5. The number of carbonyl (C=O) groups excluding carboxylic acids is 1. The average Bonchev–Trinajstić information content (AvgIpc) is 3.33. The Kier molecular flexibility index (Phi) is 3.42. The third-order valence-corrected chi connectivity index (χ3v) is 5.05. The van der Waals surface area contributed by atoms with Gasteiger partial charge in [-0.1, -0.05) is 24.3 Å². The van der Waals surface area contributed by atoms with Gasteiger partial charge in [0, 0.05) is 23.5 Å². The Hall–Kier alpha value is -2.28. The third-order valence-electron chi connectivity index (χ3n) is 3.22. The minimum atomic E-state index is -3.39. The Bertz CT molecular complexity index is 768. The molecule has 0 atom stereocenters. The van der Waals surface area contributed by atoms with Crippen LogP contribution in [0, 0.1) is 0 Å². The molecule has 2 aromatic rings. The van der Waals surface area contributed by atoms with E-state index in [9.17, 15) is 13.2 Å². The van der Waals surface area contributed by atoms with Crippen LogP contribution in [-0.4, -0.2) is 29.9 Å². The van der Waals surface area contributed by atoms with Crippen molar-refractivity contribution < 1.29 is 13.2 Å². The molecule has 1 N–H and O–H groups in total. The zero-order chi connectivity index (χ0) is 14.9. The largest absolute Gasteiger partial charge is 0.298 e. The highest BCUT2D eigenvalue weighted by atomic mass is 32.2. The first kappa shape index (κ1) is 13.7. The topological polar surface area (TPSA) is 89.0 Å². The monoisotopic (exact) mass is 303 g/mol. The van der Waals surface area contributed by atoms with E-state index in [-0.39, 0.29) is 11.1 Å². The standard InChI is InChI=1S/C14H13N3O3S/c18-9-10-1-3-11(4-2-10)13-14(16-8-7-15-13)17-21(19,20)12-5-6-12/h1-4,7-9,12H,5-6H2,(H,16,17). The van der Waals surface area contributed by atoms with Gasteiger partial charge >= 0.3 is 0 Å². The van der Waals surface area contributed by atoms with E-state index in [2.05, 4.69) is 14.7 Å². The minimum Gasteiger partial charge on any atom is -0.298 e. The average molecular weight is 303 g/mol. The summed E-state index contributed by atoms with van der Waals surface area (Å²) >= 11 is 0. The van der Waals surface area contributed by atoms with Crippen molar-refractivity contribution in [2.75, 3.05) is 4.72 Å². The lowest BCUT2D eigenvalue weighted by Crippen LogP contribution is -2.19. The van der Waals surface area contributed by atoms with E-state index in [0.717, 1.165) is 6.29 Å². The van der Waals surface area contributed by atoms with Crippen molar-refractivity contribution in [3.8, 4) is 11.3 Å². The molecule has 108 valence electrons. The van der Waals surface area contributed by atoms with Crippen molar-refractivity contribution in [2.45, 2.75) is 18.1 Å². The second-order valence-corrected chi connectivity index (χ2v) is 6.80. The minimum absolute atomic E-state index is 0.211. The summed E-state index contributed by atoms with van der Waals surface area (Å²) in [7, 11) is -3.39. The van der Waals surface area contributed by atoms with Crippen LogP contribution in [0.25, 0.3) is 11.3 Å². The molecule has 1 aliphatic rings. The molecule has 7 heteroatoms. The molecule has 1 fully saturated rings. The van der Waals surface area contributed by atoms with Gasteiger partial charge in [-0.3, -0.25) is 14.5 Å². The van der Waals surface area contributed by atoms with Crippen LogP contribution in [0.15, 0.2) is 36.7 Å². The molecule has 0 bridgehead atoms. The van der Waals surface area contributed by atoms with Gasteiger partial charge in [-0.15, -0.1) is 0 Å². The highest BCUT2D eigenvalue weighted by Crippen LogP contribution is 2.31. The Balaban J connectivity index is 1.96. The van der Waals surface area contributed by atoms with E-state index >= 15 is 0 Å². The van der Waals surface area contributed by atoms with E-state index in [0.29, 0.717) is 29.7 Å². The summed E-state index contributed by atoms with van der Waals surface area (Å²) in [6.07, 6.45) is 5.04. The number of carbonyl (C=O) groups is 1. The summed E-state index contributed by atoms with van der Waals surface area (Å²) in [5.41, 5.74) is 1.68. The first-order chi connectivity index (χ1) is 10.1. The predicted octanol–water partition coefficient (Wildman–Crippen LogP) is 1.86. The number of nitrogens with one attached hydrogen (secondary N) is 1. The number of benzene rings is 1. The zero-order valence-corrected chi connectivity index (χ0v) is 11.9. The first-order valence-corrected chi connectivity index (χ1v) is 8.03. The summed E-state index contributed by atoms with van der Waals surface area (Å²) in [5, 5.41) is -0.329. The fourth-order valence-corrected chi connectivity index (χ4v) is 3.28. The zero-order valence-electron chi connectivity index (χ0n) is 11.1. The molecule has 1 aromatic heterocycles. The highest BCUT2D eigenvalue weighted by molar-refractivity contribution is 7.93. The van der Waals surface area contributed by atoms with Gasteiger partial charge in [-0.2, -0.15) is 0 Å². The van der Waals surface area contributed by atoms with Crippen LogP contribution in [0.5, 0.6) is 0 Å². The molecule has 0 saturated heterocycles. The molecule has 21 heavy (non-hydrogen) atoms. The summed E-state index contributed by atoms with van der Waals surface area (Å²) in [6, 6.07) is 6.72. The van der Waals surface area contributed by atoms with Crippen molar-refractivity contribution in [1.82, 2.24) is 9.97 Å². The maximum atomic E-state index is 12.0. The van der Waals surface area contributed by atoms with Crippen LogP contribution >= 0.6 is 0 Å². The molecular formula is C14H13N3O3S. The molecule has 1 saturated carbocycles. The second kappa shape index (κ2) is 5.25. The molecule has 3 rings (SSSR count). The first-order valence-electron chi connectivity index (χ1n) is 6.48. The Morgan fingerprint density at radius 3 is 2.38 bits per heavy atom. The van der Waals surface area contributed by atoms with Gasteiger partial charge in [0.25, 0.3) is 0 Å². The van der Waals surface area contributed by atoms with Crippen LogP contribution in [0.3, 0.4) is 0 Å². The van der Waals surface area contributed by atoms with Gasteiger partial charge in [0.1, 0.15) is 12.0 Å². The van der Waals surface area contributed by atoms with E-state index in [1.807, 2.05) is 0 Å². The second-order valence-electron chi connectivity index (χ2n) is 4.84. The molecule has 1 aromatic carbocycles. The molecule has 0 spiro atoms. The number of sulfonamides is 1. The van der Waals surface area contributed by atoms with Crippen LogP contribution in [0.1, 0.15) is 23.2 Å². The van der Waals surface area contributed by atoms with Crippen molar-refractivity contribution in [3.05, 3.63) is 42.2 Å². The van der Waals surface area contributed by atoms with Crippen LogP contribution in [0.4, 0.5) is 5.82 Å². The maximum absolute atomic E-state index is 12.0. The fraction of sp³-hybridized carbons (Fsp3) is 0.214. The van der Waals surface area contributed by atoms with E-state index in [4.69, 9.17) is 0 Å². The molecule has 0 radical (unpaired) electrons. The number of anilines is 1. The molecule has 0 aliphatic heterocycles. The Morgan fingerprint density at radius 1 is 1.10 bits per heavy atom. The van der Waals surface area contributed by atoms with Gasteiger partial charge in [0.2, 0.25) is 10.0 Å². The van der Waals surface area contributed by atoms with Gasteiger partial charge in [-0.25, -0.2) is 13.4 Å². The fourth-order valence-electron chi connectivity index (χ4n) is 1.94. The van der Waals surface area contributed by atoms with E-state index in [1.54, 1.807) is 24.3 Å². The predicted molar refractivity (Wildman–Crippen MR) is 78.4 cm³/mol. The quantitative estimate of drug-likeness (QED) is 0.852. The molecular weight excluding hydrogens is 290 g/mol. The van der Waals surface area contributed by atoms with Crippen molar-refractivity contribution in [2.24, 2.45) is 0 Å². The van der Waals surface area contributed by atoms with Crippen LogP contribution < -0.4 is 4.72 Å². The van der Waals surface area contributed by atoms with Gasteiger partial charge in [-0.05, 0) is 12.8 Å². The number of aromatic nitrogens is 2.